The van der Waals surface area contributed by atoms with Gasteiger partial charge in [-0.05, 0) is 66.3 Å². The molecule has 1 amide bonds. The molecule has 0 bridgehead atoms. The maximum atomic E-state index is 14.6. The van der Waals surface area contributed by atoms with Gasteiger partial charge < -0.3 is 10.4 Å². The second-order valence-electron chi connectivity index (χ2n) is 9.50. The van der Waals surface area contributed by atoms with Gasteiger partial charge in [-0.15, -0.1) is 0 Å². The number of amides is 1. The third kappa shape index (κ3) is 5.75. The van der Waals surface area contributed by atoms with Crippen molar-refractivity contribution in [2.24, 2.45) is 0 Å². The van der Waals surface area contributed by atoms with Crippen LogP contribution in [0.3, 0.4) is 0 Å². The minimum absolute atomic E-state index is 0.0748. The van der Waals surface area contributed by atoms with E-state index in [1.807, 2.05) is 12.1 Å². The highest BCUT2D eigenvalue weighted by atomic mass is 32.2. The van der Waals surface area contributed by atoms with Gasteiger partial charge in [0.2, 0.25) is 10.0 Å². The van der Waals surface area contributed by atoms with E-state index in [1.165, 1.54) is 34.9 Å². The fourth-order valence-corrected chi connectivity index (χ4v) is 5.11. The summed E-state index contributed by atoms with van der Waals surface area (Å²) in [5, 5.41) is 12.0. The normalized spacial score (nSPS) is 14.2. The number of nitrogens with one attached hydrogen (secondary N) is 2. The molecule has 12 heteroatoms. The highest BCUT2D eigenvalue weighted by molar-refractivity contribution is 7.92. The summed E-state index contributed by atoms with van der Waals surface area (Å²) in [6.45, 7) is 0. The van der Waals surface area contributed by atoms with Crippen molar-refractivity contribution in [1.29, 1.82) is 0 Å². The average Bonchev–Trinajstić information content (AvgIpc) is 3.71. The summed E-state index contributed by atoms with van der Waals surface area (Å²) >= 11 is 0. The molecule has 0 radical (unpaired) electrons. The number of carbonyl (C=O) groups is 1. The number of anilines is 1. The molecule has 5 rings (SSSR count). The minimum atomic E-state index is -3.63. The molecule has 202 valence electrons. The molecule has 9 nitrogen and oxygen atoms in total. The minimum Gasteiger partial charge on any atom is -0.465 e. The Hall–Kier alpha value is -4.32. The number of hydrogen-bond donors (Lipinski definition) is 3. The summed E-state index contributed by atoms with van der Waals surface area (Å²) < 4.78 is 55.6. The van der Waals surface area contributed by atoms with Gasteiger partial charge in [-0.3, -0.25) is 14.1 Å². The van der Waals surface area contributed by atoms with Gasteiger partial charge in [0.05, 0.1) is 34.6 Å². The van der Waals surface area contributed by atoms with Crippen LogP contribution in [0.2, 0.25) is 0 Å². The molecule has 1 aliphatic rings. The SMILES string of the molecule is CS(=O)(=O)Nc1ccc2c(=O)n(-c3ccc(C4CC4)cc3)c(C(Cc3cccc(F)c3F)NC(=O)O)nc2c1. The van der Waals surface area contributed by atoms with Crippen LogP contribution in [0.5, 0.6) is 0 Å². The zero-order valence-corrected chi connectivity index (χ0v) is 21.5. The molecule has 4 aromatic rings. The molecule has 0 aliphatic heterocycles. The van der Waals surface area contributed by atoms with E-state index in [0.717, 1.165) is 30.7 Å². The summed E-state index contributed by atoms with van der Waals surface area (Å²) in [6.07, 6.45) is 1.31. The molecule has 1 aromatic heterocycles. The van der Waals surface area contributed by atoms with Gasteiger partial charge in [0.25, 0.3) is 5.56 Å². The summed E-state index contributed by atoms with van der Waals surface area (Å²) in [5.74, 6) is -1.85. The van der Waals surface area contributed by atoms with E-state index < -0.39 is 39.4 Å². The molecule has 39 heavy (non-hydrogen) atoms. The van der Waals surface area contributed by atoms with Gasteiger partial charge in [0.15, 0.2) is 11.6 Å². The lowest BCUT2D eigenvalue weighted by Gasteiger charge is -2.22. The zero-order chi connectivity index (χ0) is 27.9. The van der Waals surface area contributed by atoms with E-state index in [9.17, 15) is 31.9 Å². The Kier molecular flexibility index (Phi) is 6.81. The van der Waals surface area contributed by atoms with E-state index in [2.05, 4.69) is 15.0 Å². The molecule has 1 unspecified atom stereocenters. The first kappa shape index (κ1) is 26.3. The lowest BCUT2D eigenvalue weighted by molar-refractivity contribution is 0.189. The van der Waals surface area contributed by atoms with Gasteiger partial charge in [-0.25, -0.2) is 27.0 Å². The molecule has 0 saturated heterocycles. The van der Waals surface area contributed by atoms with E-state index in [0.29, 0.717) is 11.6 Å². The van der Waals surface area contributed by atoms with Crippen LogP contribution < -0.4 is 15.6 Å². The third-order valence-corrected chi connectivity index (χ3v) is 7.07. The smallest absolute Gasteiger partial charge is 0.405 e. The quantitative estimate of drug-likeness (QED) is 0.295. The van der Waals surface area contributed by atoms with Crippen molar-refractivity contribution in [3.05, 3.63) is 99.6 Å². The molecule has 1 heterocycles. The van der Waals surface area contributed by atoms with Gasteiger partial charge in [0, 0.05) is 6.42 Å². The maximum Gasteiger partial charge on any atom is 0.405 e. The number of halogens is 2. The predicted octanol–water partition coefficient (Wildman–Crippen LogP) is 4.46. The number of nitrogens with zero attached hydrogens (tertiary/aromatic N) is 2. The monoisotopic (exact) mass is 554 g/mol. The first-order chi connectivity index (χ1) is 18.5. The number of sulfonamides is 1. The van der Waals surface area contributed by atoms with Crippen LogP contribution in [0, 0.1) is 11.6 Å². The second kappa shape index (κ2) is 10.1. The first-order valence-electron chi connectivity index (χ1n) is 12.1. The Bertz CT molecular complexity index is 1750. The van der Waals surface area contributed by atoms with Gasteiger partial charge in [-0.1, -0.05) is 24.3 Å². The topological polar surface area (TPSA) is 130 Å². The zero-order valence-electron chi connectivity index (χ0n) is 20.7. The van der Waals surface area contributed by atoms with Crippen molar-refractivity contribution in [2.75, 3.05) is 11.0 Å². The van der Waals surface area contributed by atoms with Crippen LogP contribution in [0.15, 0.2) is 65.5 Å². The molecule has 1 fully saturated rings. The van der Waals surface area contributed by atoms with Crippen molar-refractivity contribution in [3.63, 3.8) is 0 Å². The van der Waals surface area contributed by atoms with E-state index >= 15 is 0 Å². The lowest BCUT2D eigenvalue weighted by atomic mass is 10.0. The Morgan fingerprint density at radius 2 is 1.85 bits per heavy atom. The van der Waals surface area contributed by atoms with Gasteiger partial charge in [-0.2, -0.15) is 0 Å². The lowest BCUT2D eigenvalue weighted by Crippen LogP contribution is -2.35. The maximum absolute atomic E-state index is 14.6. The third-order valence-electron chi connectivity index (χ3n) is 6.46. The molecule has 1 aliphatic carbocycles. The Morgan fingerprint density at radius 1 is 1.13 bits per heavy atom. The molecule has 1 saturated carbocycles. The summed E-state index contributed by atoms with van der Waals surface area (Å²) in [4.78, 5) is 30.2. The molecule has 0 spiro atoms. The predicted molar refractivity (Wildman–Crippen MR) is 142 cm³/mol. The van der Waals surface area contributed by atoms with Crippen LogP contribution in [0.1, 0.15) is 41.8 Å². The fourth-order valence-electron chi connectivity index (χ4n) is 4.56. The van der Waals surface area contributed by atoms with Gasteiger partial charge >= 0.3 is 6.09 Å². The van der Waals surface area contributed by atoms with Crippen LogP contribution >= 0.6 is 0 Å². The molecular weight excluding hydrogens is 530 g/mol. The Morgan fingerprint density at radius 3 is 2.49 bits per heavy atom. The highest BCUT2D eigenvalue weighted by Gasteiger charge is 2.27. The van der Waals surface area contributed by atoms with Crippen LogP contribution in [0.25, 0.3) is 16.6 Å². The molecular formula is C27H24F2N4O5S. The van der Waals surface area contributed by atoms with Crippen LogP contribution in [0.4, 0.5) is 19.3 Å². The number of fused-ring (bicyclic) bond motifs is 1. The average molecular weight is 555 g/mol. The first-order valence-corrected chi connectivity index (χ1v) is 14.0. The Labute approximate surface area is 222 Å². The Balaban J connectivity index is 1.72. The van der Waals surface area contributed by atoms with Crippen molar-refractivity contribution < 1.29 is 27.1 Å². The number of carboxylic acid groups (broad SMARTS) is 1. The summed E-state index contributed by atoms with van der Waals surface area (Å²) in [7, 11) is -3.63. The molecule has 1 atom stereocenters. The standard InChI is InChI=1S/C27H24F2N4O5S/c1-39(37,38)32-18-9-12-20-22(14-18)30-25(23(31-27(35)36)13-17-3-2-4-21(28)24(17)29)33(26(20)34)19-10-7-16(8-11-19)15-5-6-15/h2-4,7-12,14-15,23,31-32H,5-6,13H2,1H3,(H,35,36). The van der Waals surface area contributed by atoms with E-state index in [4.69, 9.17) is 0 Å². The summed E-state index contributed by atoms with van der Waals surface area (Å²) in [5.41, 5.74) is 1.09. The van der Waals surface area contributed by atoms with E-state index in [1.54, 1.807) is 12.1 Å². The largest absolute Gasteiger partial charge is 0.465 e. The number of rotatable bonds is 8. The van der Waals surface area contributed by atoms with Crippen LogP contribution in [-0.2, 0) is 16.4 Å². The molecule has 3 aromatic carbocycles. The highest BCUT2D eigenvalue weighted by Crippen LogP contribution is 2.40. The van der Waals surface area contributed by atoms with Gasteiger partial charge in [0.1, 0.15) is 5.82 Å². The second-order valence-corrected chi connectivity index (χ2v) is 11.3. The number of benzene rings is 3. The molecule has 3 N–H and O–H groups in total. The van der Waals surface area contributed by atoms with E-state index in [-0.39, 0.29) is 34.4 Å². The van der Waals surface area contributed by atoms with Crippen molar-refractivity contribution in [2.45, 2.75) is 31.2 Å². The number of aromatic nitrogens is 2. The fraction of sp³-hybridized carbons (Fsp3) is 0.222. The van der Waals surface area contributed by atoms with Crippen molar-refractivity contribution in [1.82, 2.24) is 14.9 Å². The summed E-state index contributed by atoms with van der Waals surface area (Å²) in [6, 6.07) is 13.7. The van der Waals surface area contributed by atoms with Crippen LogP contribution in [-0.4, -0.2) is 35.4 Å². The number of hydrogen-bond acceptors (Lipinski definition) is 5. The van der Waals surface area contributed by atoms with Crippen molar-refractivity contribution in [3.8, 4) is 5.69 Å². The van der Waals surface area contributed by atoms with Crippen molar-refractivity contribution >= 4 is 32.7 Å².